The summed E-state index contributed by atoms with van der Waals surface area (Å²) in [5.41, 5.74) is 0.263. The fourth-order valence-corrected chi connectivity index (χ4v) is 5.69. The van der Waals surface area contributed by atoms with Gasteiger partial charge >= 0.3 is 0 Å². The van der Waals surface area contributed by atoms with Gasteiger partial charge in [0.15, 0.2) is 0 Å². The number of aliphatic hydroxyl groups is 1. The average molecular weight is 435 g/mol. The molecular weight excluding hydrogens is 396 g/mol. The quantitative estimate of drug-likeness (QED) is 0.672. The first-order chi connectivity index (χ1) is 14.3. The van der Waals surface area contributed by atoms with Crippen LogP contribution in [0.2, 0.25) is 5.02 Å². The lowest BCUT2D eigenvalue weighted by molar-refractivity contribution is -0.155. The van der Waals surface area contributed by atoms with E-state index in [9.17, 15) is 9.90 Å². The van der Waals surface area contributed by atoms with Crippen molar-refractivity contribution >= 4 is 17.5 Å². The molecule has 2 fully saturated rings. The molecule has 5 heteroatoms. The Balaban J connectivity index is 1.59. The van der Waals surface area contributed by atoms with Gasteiger partial charge in [-0.15, -0.1) is 0 Å². The van der Waals surface area contributed by atoms with Crippen molar-refractivity contribution in [1.82, 2.24) is 9.80 Å². The molecule has 0 spiro atoms. The molecule has 0 aromatic heterocycles. The number of piperidine rings is 1. The minimum atomic E-state index is -0.908. The van der Waals surface area contributed by atoms with Crippen LogP contribution >= 0.6 is 11.6 Å². The lowest BCUT2D eigenvalue weighted by atomic mass is 9.73. The molecule has 1 aromatic carbocycles. The van der Waals surface area contributed by atoms with Gasteiger partial charge in [-0.1, -0.05) is 62.9 Å². The van der Waals surface area contributed by atoms with Gasteiger partial charge in [-0.3, -0.25) is 4.79 Å². The number of rotatable bonds is 7. The van der Waals surface area contributed by atoms with Gasteiger partial charge in [0.1, 0.15) is 0 Å². The molecule has 0 radical (unpaired) electrons. The van der Waals surface area contributed by atoms with E-state index in [0.717, 1.165) is 43.9 Å². The molecule has 1 saturated heterocycles. The Labute approximate surface area is 187 Å². The number of hydrogen-bond donors (Lipinski definition) is 1. The summed E-state index contributed by atoms with van der Waals surface area (Å²) >= 11 is 6.29. The van der Waals surface area contributed by atoms with E-state index in [2.05, 4.69) is 24.8 Å². The van der Waals surface area contributed by atoms with Crippen LogP contribution in [0.3, 0.4) is 0 Å². The fraction of sp³-hybridized carbons (Fsp3) is 0.720. The summed E-state index contributed by atoms with van der Waals surface area (Å²) in [5, 5.41) is 12.4. The van der Waals surface area contributed by atoms with E-state index in [1.165, 1.54) is 24.8 Å². The topological polar surface area (TPSA) is 43.8 Å². The van der Waals surface area contributed by atoms with Crippen LogP contribution < -0.4 is 0 Å². The molecule has 2 aliphatic rings. The van der Waals surface area contributed by atoms with Gasteiger partial charge in [-0.2, -0.15) is 0 Å². The van der Waals surface area contributed by atoms with E-state index >= 15 is 0 Å². The fourth-order valence-electron chi connectivity index (χ4n) is 5.46. The molecule has 0 bridgehead atoms. The van der Waals surface area contributed by atoms with Crippen molar-refractivity contribution in [3.05, 3.63) is 34.9 Å². The Hall–Kier alpha value is -1.10. The van der Waals surface area contributed by atoms with Crippen molar-refractivity contribution in [3.63, 3.8) is 0 Å². The number of hydrogen-bond acceptors (Lipinski definition) is 3. The van der Waals surface area contributed by atoms with Crippen molar-refractivity contribution < 1.29 is 9.90 Å². The smallest absolute Gasteiger partial charge is 0.228 e. The first-order valence-electron chi connectivity index (χ1n) is 11.8. The second-order valence-corrected chi connectivity index (χ2v) is 10.2. The summed E-state index contributed by atoms with van der Waals surface area (Å²) in [5.74, 6) is -0.0534. The first kappa shape index (κ1) is 23.6. The monoisotopic (exact) mass is 434 g/mol. The molecule has 1 N–H and O–H groups in total. The molecule has 1 aliphatic carbocycles. The van der Waals surface area contributed by atoms with Gasteiger partial charge in [0.25, 0.3) is 0 Å². The highest BCUT2D eigenvalue weighted by atomic mass is 35.5. The van der Waals surface area contributed by atoms with E-state index < -0.39 is 5.60 Å². The molecule has 1 amide bonds. The summed E-state index contributed by atoms with van der Waals surface area (Å²) in [6.07, 6.45) is 8.11. The largest absolute Gasteiger partial charge is 0.389 e. The van der Waals surface area contributed by atoms with Crippen molar-refractivity contribution in [3.8, 4) is 0 Å². The molecule has 1 heterocycles. The molecule has 4 nitrogen and oxygen atoms in total. The van der Waals surface area contributed by atoms with Crippen LogP contribution in [-0.2, 0) is 11.2 Å². The summed E-state index contributed by atoms with van der Waals surface area (Å²) in [6, 6.07) is 8.34. The Morgan fingerprint density at radius 3 is 2.43 bits per heavy atom. The Morgan fingerprint density at radius 2 is 1.83 bits per heavy atom. The number of likely N-dealkylation sites (tertiary alicyclic amines) is 1. The number of halogens is 1. The molecule has 168 valence electrons. The first-order valence-corrected chi connectivity index (χ1v) is 12.1. The number of benzene rings is 1. The second-order valence-electron chi connectivity index (χ2n) is 9.75. The van der Waals surface area contributed by atoms with Gasteiger partial charge in [-0.25, -0.2) is 0 Å². The summed E-state index contributed by atoms with van der Waals surface area (Å²) in [6.45, 7) is 6.75. The lowest BCUT2D eigenvalue weighted by Crippen LogP contribution is -2.56. The average Bonchev–Trinajstić information content (AvgIpc) is 2.74. The van der Waals surface area contributed by atoms with E-state index in [4.69, 9.17) is 11.6 Å². The highest BCUT2D eigenvalue weighted by Gasteiger charge is 2.46. The van der Waals surface area contributed by atoms with Gasteiger partial charge < -0.3 is 14.9 Å². The van der Waals surface area contributed by atoms with Crippen LogP contribution in [-0.4, -0.2) is 59.1 Å². The molecule has 1 unspecified atom stereocenters. The zero-order valence-corrected chi connectivity index (χ0v) is 19.7. The van der Waals surface area contributed by atoms with Crippen molar-refractivity contribution in [2.45, 2.75) is 76.9 Å². The molecule has 1 saturated carbocycles. The second kappa shape index (κ2) is 10.5. The summed E-state index contributed by atoms with van der Waals surface area (Å²) in [7, 11) is 1.95. The number of amides is 1. The Morgan fingerprint density at radius 1 is 1.20 bits per heavy atom. The highest BCUT2D eigenvalue weighted by molar-refractivity contribution is 6.31. The van der Waals surface area contributed by atoms with Gasteiger partial charge in [-0.05, 0) is 49.7 Å². The lowest BCUT2D eigenvalue weighted by Gasteiger charge is -2.46. The van der Waals surface area contributed by atoms with Crippen molar-refractivity contribution in [2.24, 2.45) is 11.8 Å². The molecule has 1 atom stereocenters. The number of nitrogens with zero attached hydrogens (tertiary/aromatic N) is 2. The van der Waals surface area contributed by atoms with Crippen molar-refractivity contribution in [2.75, 3.05) is 26.7 Å². The maximum absolute atomic E-state index is 13.5. The van der Waals surface area contributed by atoms with Crippen LogP contribution in [0.4, 0.5) is 0 Å². The minimum absolute atomic E-state index is 0.128. The van der Waals surface area contributed by atoms with E-state index in [1.807, 2.05) is 30.1 Å². The standard InChI is InChI=1S/C25H39ClN2O2/c1-19(2)23(24(29)27(3)21-10-5-4-6-11-21)25(30)14-17-28(18-15-25)16-13-20-9-7-8-12-22(20)26/h7-9,12,19,21,23,30H,4-6,10-11,13-18H2,1-3H3. The Bertz CT molecular complexity index is 694. The molecule has 30 heavy (non-hydrogen) atoms. The van der Waals surface area contributed by atoms with Gasteiger partial charge in [0.2, 0.25) is 5.91 Å². The van der Waals surface area contributed by atoms with Gasteiger partial charge in [0, 0.05) is 37.7 Å². The maximum Gasteiger partial charge on any atom is 0.228 e. The highest BCUT2D eigenvalue weighted by Crippen LogP contribution is 2.37. The normalized spacial score (nSPS) is 21.5. The summed E-state index contributed by atoms with van der Waals surface area (Å²) < 4.78 is 0. The molecule has 1 aromatic rings. The molecular formula is C25H39ClN2O2. The predicted molar refractivity (Wildman–Crippen MR) is 124 cm³/mol. The molecule has 1 aliphatic heterocycles. The number of carbonyl (C=O) groups is 1. The van der Waals surface area contributed by atoms with E-state index in [-0.39, 0.29) is 17.7 Å². The van der Waals surface area contributed by atoms with Gasteiger partial charge in [0.05, 0.1) is 11.5 Å². The SMILES string of the molecule is CC(C)C(C(=O)N(C)C1CCCCC1)C1(O)CCN(CCc2ccccc2Cl)CC1. The number of carbonyl (C=O) groups excluding carboxylic acids is 1. The van der Waals surface area contributed by atoms with Crippen molar-refractivity contribution in [1.29, 1.82) is 0 Å². The minimum Gasteiger partial charge on any atom is -0.389 e. The predicted octanol–water partition coefficient (Wildman–Crippen LogP) is 4.77. The third-order valence-corrected chi connectivity index (χ3v) is 7.73. The maximum atomic E-state index is 13.5. The zero-order valence-electron chi connectivity index (χ0n) is 18.9. The third kappa shape index (κ3) is 5.57. The van der Waals surface area contributed by atoms with Crippen LogP contribution in [0.5, 0.6) is 0 Å². The van der Waals surface area contributed by atoms with Crippen LogP contribution in [0.1, 0.15) is 64.4 Å². The van der Waals surface area contributed by atoms with Crippen LogP contribution in [0, 0.1) is 11.8 Å². The molecule has 3 rings (SSSR count). The van der Waals surface area contributed by atoms with Crippen LogP contribution in [0.25, 0.3) is 0 Å². The zero-order chi connectivity index (χ0) is 21.7. The third-order valence-electron chi connectivity index (χ3n) is 7.36. The Kier molecular flexibility index (Phi) is 8.23. The summed E-state index contributed by atoms with van der Waals surface area (Å²) in [4.78, 5) is 17.8. The van der Waals surface area contributed by atoms with Crippen LogP contribution in [0.15, 0.2) is 24.3 Å². The van der Waals surface area contributed by atoms with E-state index in [1.54, 1.807) is 0 Å². The van der Waals surface area contributed by atoms with E-state index in [0.29, 0.717) is 18.9 Å².